The highest BCUT2D eigenvalue weighted by molar-refractivity contribution is 7.80. The van der Waals surface area contributed by atoms with E-state index in [-0.39, 0.29) is 6.10 Å². The van der Waals surface area contributed by atoms with Crippen LogP contribution in [0.1, 0.15) is 24.2 Å². The molecule has 1 unspecified atom stereocenters. The lowest BCUT2D eigenvalue weighted by Gasteiger charge is -2.01. The van der Waals surface area contributed by atoms with E-state index in [0.717, 1.165) is 5.56 Å². The SMILES string of the molecule is CC1OC(=S)c2ccccc21. The van der Waals surface area contributed by atoms with Crippen molar-refractivity contribution in [1.82, 2.24) is 0 Å². The van der Waals surface area contributed by atoms with Gasteiger partial charge in [-0.3, -0.25) is 0 Å². The molecule has 0 fully saturated rings. The van der Waals surface area contributed by atoms with Gasteiger partial charge in [0.15, 0.2) is 5.05 Å². The van der Waals surface area contributed by atoms with E-state index in [9.17, 15) is 0 Å². The zero-order chi connectivity index (χ0) is 7.84. The Morgan fingerprint density at radius 3 is 2.82 bits per heavy atom. The topological polar surface area (TPSA) is 9.23 Å². The van der Waals surface area contributed by atoms with Crippen LogP contribution in [0.15, 0.2) is 24.3 Å². The molecule has 1 nitrogen and oxygen atoms in total. The van der Waals surface area contributed by atoms with E-state index in [1.165, 1.54) is 5.56 Å². The van der Waals surface area contributed by atoms with Gasteiger partial charge in [0.05, 0.1) is 0 Å². The van der Waals surface area contributed by atoms with Crippen molar-refractivity contribution in [3.8, 4) is 0 Å². The number of thiocarbonyl (C=S) groups is 1. The van der Waals surface area contributed by atoms with Crippen molar-refractivity contribution >= 4 is 17.3 Å². The molecule has 1 atom stereocenters. The van der Waals surface area contributed by atoms with Crippen molar-refractivity contribution in [3.05, 3.63) is 35.4 Å². The minimum Gasteiger partial charge on any atom is -0.475 e. The minimum absolute atomic E-state index is 0.138. The van der Waals surface area contributed by atoms with Crippen LogP contribution in [0.4, 0.5) is 0 Å². The van der Waals surface area contributed by atoms with Crippen molar-refractivity contribution in [3.63, 3.8) is 0 Å². The standard InChI is InChI=1S/C9H8OS/c1-6-7-4-2-3-5-8(7)9(11)10-6/h2-6H,1H3. The molecule has 0 saturated carbocycles. The highest BCUT2D eigenvalue weighted by atomic mass is 32.1. The molecule has 56 valence electrons. The molecule has 0 amide bonds. The lowest BCUT2D eigenvalue weighted by Crippen LogP contribution is -1.91. The molecule has 11 heavy (non-hydrogen) atoms. The summed E-state index contributed by atoms with van der Waals surface area (Å²) in [5.74, 6) is 0. The summed E-state index contributed by atoms with van der Waals surface area (Å²) in [6.07, 6.45) is 0.138. The Bertz CT molecular complexity index is 306. The molecule has 2 heteroatoms. The Hall–Kier alpha value is -0.890. The van der Waals surface area contributed by atoms with Crippen LogP contribution in [-0.2, 0) is 4.74 Å². The van der Waals surface area contributed by atoms with Gasteiger partial charge in [-0.25, -0.2) is 0 Å². The second kappa shape index (κ2) is 2.31. The summed E-state index contributed by atoms with van der Waals surface area (Å²) in [7, 11) is 0. The van der Waals surface area contributed by atoms with Crippen LogP contribution in [0.5, 0.6) is 0 Å². The van der Waals surface area contributed by atoms with Gasteiger partial charge in [-0.15, -0.1) is 0 Å². The smallest absolute Gasteiger partial charge is 0.192 e. The molecule has 1 aromatic rings. The van der Waals surface area contributed by atoms with E-state index in [4.69, 9.17) is 17.0 Å². The van der Waals surface area contributed by atoms with Crippen LogP contribution < -0.4 is 0 Å². The molecule has 0 saturated heterocycles. The predicted octanol–water partition coefficient (Wildman–Crippen LogP) is 2.45. The molecule has 0 N–H and O–H groups in total. The monoisotopic (exact) mass is 164 g/mol. The molecule has 2 rings (SSSR count). The third kappa shape index (κ3) is 0.942. The fourth-order valence-electron chi connectivity index (χ4n) is 1.32. The zero-order valence-electron chi connectivity index (χ0n) is 6.20. The average Bonchev–Trinajstić information content (AvgIpc) is 2.30. The maximum Gasteiger partial charge on any atom is 0.192 e. The van der Waals surface area contributed by atoms with Crippen molar-refractivity contribution in [2.24, 2.45) is 0 Å². The van der Waals surface area contributed by atoms with Gasteiger partial charge in [0.1, 0.15) is 6.10 Å². The van der Waals surface area contributed by atoms with Crippen LogP contribution in [0, 0.1) is 0 Å². The maximum atomic E-state index is 5.36. The first-order valence-electron chi connectivity index (χ1n) is 3.59. The summed E-state index contributed by atoms with van der Waals surface area (Å²) in [4.78, 5) is 0. The zero-order valence-corrected chi connectivity index (χ0v) is 7.02. The van der Waals surface area contributed by atoms with Gasteiger partial charge < -0.3 is 4.74 Å². The maximum absolute atomic E-state index is 5.36. The summed E-state index contributed by atoms with van der Waals surface area (Å²) in [5, 5.41) is 0.633. The van der Waals surface area contributed by atoms with Crippen LogP contribution in [0.2, 0.25) is 0 Å². The first-order valence-corrected chi connectivity index (χ1v) is 4.00. The van der Waals surface area contributed by atoms with E-state index in [0.29, 0.717) is 5.05 Å². The number of fused-ring (bicyclic) bond motifs is 1. The molecular formula is C9H8OS. The second-order valence-electron chi connectivity index (χ2n) is 2.63. The largest absolute Gasteiger partial charge is 0.475 e. The number of ether oxygens (including phenoxy) is 1. The van der Waals surface area contributed by atoms with Crippen molar-refractivity contribution in [2.45, 2.75) is 13.0 Å². The summed E-state index contributed by atoms with van der Waals surface area (Å²) in [6.45, 7) is 2.01. The Kier molecular flexibility index (Phi) is 1.43. The lowest BCUT2D eigenvalue weighted by atomic mass is 10.1. The number of benzene rings is 1. The predicted molar refractivity (Wildman–Crippen MR) is 47.6 cm³/mol. The van der Waals surface area contributed by atoms with Gasteiger partial charge in [0.25, 0.3) is 0 Å². The number of hydrogen-bond acceptors (Lipinski definition) is 2. The van der Waals surface area contributed by atoms with Crippen molar-refractivity contribution < 1.29 is 4.74 Å². The Balaban J connectivity index is 2.60. The Labute approximate surface area is 71.0 Å². The first kappa shape index (κ1) is 6.80. The minimum atomic E-state index is 0.138. The van der Waals surface area contributed by atoms with Gasteiger partial charge in [-0.2, -0.15) is 0 Å². The molecule has 1 aliphatic heterocycles. The van der Waals surface area contributed by atoms with Crippen molar-refractivity contribution in [2.75, 3.05) is 0 Å². The first-order chi connectivity index (χ1) is 5.29. The Morgan fingerprint density at radius 1 is 1.36 bits per heavy atom. The number of hydrogen-bond donors (Lipinski definition) is 0. The van der Waals surface area contributed by atoms with Gasteiger partial charge in [0.2, 0.25) is 0 Å². The molecule has 1 heterocycles. The molecule has 1 aromatic carbocycles. The van der Waals surface area contributed by atoms with Gasteiger partial charge >= 0.3 is 0 Å². The summed E-state index contributed by atoms with van der Waals surface area (Å²) < 4.78 is 5.36. The average molecular weight is 164 g/mol. The van der Waals surface area contributed by atoms with Crippen LogP contribution in [0.3, 0.4) is 0 Å². The summed E-state index contributed by atoms with van der Waals surface area (Å²) >= 11 is 5.03. The Morgan fingerprint density at radius 2 is 2.09 bits per heavy atom. The molecule has 0 aliphatic carbocycles. The normalized spacial score (nSPS) is 21.2. The highest BCUT2D eigenvalue weighted by Gasteiger charge is 2.23. The summed E-state index contributed by atoms with van der Waals surface area (Å²) in [6, 6.07) is 8.04. The summed E-state index contributed by atoms with van der Waals surface area (Å²) in [5.41, 5.74) is 2.28. The molecule has 1 aliphatic rings. The van der Waals surface area contributed by atoms with E-state index in [1.807, 2.05) is 25.1 Å². The highest BCUT2D eigenvalue weighted by Crippen LogP contribution is 2.29. The van der Waals surface area contributed by atoms with E-state index in [1.54, 1.807) is 0 Å². The molecule has 0 bridgehead atoms. The lowest BCUT2D eigenvalue weighted by molar-refractivity contribution is 0.238. The molecule has 0 spiro atoms. The van der Waals surface area contributed by atoms with E-state index in [2.05, 4.69) is 6.07 Å². The third-order valence-corrected chi connectivity index (χ3v) is 2.22. The van der Waals surface area contributed by atoms with Crippen molar-refractivity contribution in [1.29, 1.82) is 0 Å². The fraction of sp³-hybridized carbons (Fsp3) is 0.222. The van der Waals surface area contributed by atoms with Gasteiger partial charge in [0, 0.05) is 11.1 Å². The van der Waals surface area contributed by atoms with Crippen LogP contribution in [-0.4, -0.2) is 5.05 Å². The van der Waals surface area contributed by atoms with E-state index >= 15 is 0 Å². The fourth-order valence-corrected chi connectivity index (χ4v) is 1.66. The number of rotatable bonds is 0. The van der Waals surface area contributed by atoms with Gasteiger partial charge in [-0.05, 0) is 25.2 Å². The molecule has 0 radical (unpaired) electrons. The molecule has 0 aromatic heterocycles. The third-order valence-electron chi connectivity index (χ3n) is 1.90. The second-order valence-corrected chi connectivity index (χ2v) is 3.01. The van der Waals surface area contributed by atoms with Crippen LogP contribution >= 0.6 is 12.2 Å². The molecular weight excluding hydrogens is 156 g/mol. The van der Waals surface area contributed by atoms with Gasteiger partial charge in [-0.1, -0.05) is 18.2 Å². The van der Waals surface area contributed by atoms with Crippen LogP contribution in [0.25, 0.3) is 0 Å². The quantitative estimate of drug-likeness (QED) is 0.545. The van der Waals surface area contributed by atoms with E-state index < -0.39 is 0 Å².